The second-order valence-electron chi connectivity index (χ2n) is 5.47. The van der Waals surface area contributed by atoms with Crippen LogP contribution in [-0.4, -0.2) is 15.4 Å². The van der Waals surface area contributed by atoms with Crippen molar-refractivity contribution in [3.63, 3.8) is 0 Å². The van der Waals surface area contributed by atoms with Crippen LogP contribution in [0.5, 0.6) is 0 Å². The Balaban J connectivity index is 4.13. The minimum atomic E-state index is -1.39. The van der Waals surface area contributed by atoms with Gasteiger partial charge in [-0.1, -0.05) is 27.7 Å². The Morgan fingerprint density at radius 1 is 1.25 bits per heavy atom. The molecule has 0 bridgehead atoms. The van der Waals surface area contributed by atoms with Gasteiger partial charge in [0.2, 0.25) is 0 Å². The van der Waals surface area contributed by atoms with Crippen molar-refractivity contribution in [2.75, 3.05) is 7.11 Å². The third-order valence-electron chi connectivity index (χ3n) is 2.63. The summed E-state index contributed by atoms with van der Waals surface area (Å²) in [6, 6.07) is 0. The van der Waals surface area contributed by atoms with Gasteiger partial charge in [0.15, 0.2) is 8.32 Å². The molecule has 0 amide bonds. The number of rotatable bonds is 3. The van der Waals surface area contributed by atoms with E-state index in [2.05, 4.69) is 40.8 Å². The molecule has 74 valence electrons. The second kappa shape index (κ2) is 3.92. The Bertz CT molecular complexity index is 135. The van der Waals surface area contributed by atoms with Gasteiger partial charge in [-0.15, -0.1) is 0 Å². The molecule has 1 atom stereocenters. The summed E-state index contributed by atoms with van der Waals surface area (Å²) in [7, 11) is 0.462. The third-order valence-corrected chi connectivity index (χ3v) is 6.26. The Kier molecular flexibility index (Phi) is 3.98. The molecule has 1 unspecified atom stereocenters. The minimum absolute atomic E-state index is 0.433. The Labute approximate surface area is 78.6 Å². The highest BCUT2D eigenvalue weighted by molar-refractivity contribution is 6.72. The van der Waals surface area contributed by atoms with E-state index >= 15 is 0 Å². The molecule has 0 saturated carbocycles. The summed E-state index contributed by atoms with van der Waals surface area (Å²) >= 11 is 0. The van der Waals surface area contributed by atoms with Crippen molar-refractivity contribution in [3.05, 3.63) is 0 Å². The van der Waals surface area contributed by atoms with Gasteiger partial charge in [-0.25, -0.2) is 0 Å². The van der Waals surface area contributed by atoms with E-state index < -0.39 is 8.32 Å². The van der Waals surface area contributed by atoms with Crippen LogP contribution in [0.15, 0.2) is 0 Å². The molecule has 0 aromatic rings. The highest BCUT2D eigenvalue weighted by Gasteiger charge is 2.31. The van der Waals surface area contributed by atoms with Gasteiger partial charge in [-0.05, 0) is 30.5 Å². The van der Waals surface area contributed by atoms with E-state index in [0.29, 0.717) is 5.41 Å². The topological polar surface area (TPSA) is 9.23 Å². The molecule has 0 radical (unpaired) electrons. The molecule has 1 nitrogen and oxygen atoms in total. The maximum absolute atomic E-state index is 5.58. The summed E-state index contributed by atoms with van der Waals surface area (Å²) < 4.78 is 5.58. The van der Waals surface area contributed by atoms with E-state index in [1.165, 1.54) is 6.42 Å². The van der Waals surface area contributed by atoms with Gasteiger partial charge < -0.3 is 4.43 Å². The normalized spacial score (nSPS) is 16.2. The highest BCUT2D eigenvalue weighted by Crippen LogP contribution is 2.34. The fourth-order valence-electron chi connectivity index (χ4n) is 1.37. The molecule has 0 N–H and O–H groups in total. The van der Waals surface area contributed by atoms with Crippen molar-refractivity contribution >= 4 is 8.32 Å². The van der Waals surface area contributed by atoms with E-state index in [1.54, 1.807) is 0 Å². The third kappa shape index (κ3) is 4.26. The lowest BCUT2D eigenvalue weighted by molar-refractivity contribution is 0.333. The first-order valence-corrected chi connectivity index (χ1v) is 7.73. The fraction of sp³-hybridized carbons (Fsp3) is 1.00. The molecular weight excluding hydrogens is 164 g/mol. The van der Waals surface area contributed by atoms with E-state index in [1.807, 2.05) is 7.11 Å². The lowest BCUT2D eigenvalue weighted by Gasteiger charge is -2.32. The molecular formula is C10H24OSi. The highest BCUT2D eigenvalue weighted by atomic mass is 28.4. The minimum Gasteiger partial charge on any atom is -0.420 e. The first-order chi connectivity index (χ1) is 5.19. The summed E-state index contributed by atoms with van der Waals surface area (Å²) in [6.07, 6.45) is 1.26. The first-order valence-electron chi connectivity index (χ1n) is 4.74. The SMILES string of the molecule is CO[Si](C)(C)C(C)CC(C)(C)C. The van der Waals surface area contributed by atoms with E-state index in [-0.39, 0.29) is 0 Å². The molecule has 12 heavy (non-hydrogen) atoms. The lowest BCUT2D eigenvalue weighted by atomic mass is 9.91. The van der Waals surface area contributed by atoms with Crippen molar-refractivity contribution in [3.8, 4) is 0 Å². The summed E-state index contributed by atoms with van der Waals surface area (Å²) in [4.78, 5) is 0. The van der Waals surface area contributed by atoms with Crippen molar-refractivity contribution in [1.29, 1.82) is 0 Å². The van der Waals surface area contributed by atoms with Gasteiger partial charge in [0.25, 0.3) is 0 Å². The predicted octanol–water partition coefficient (Wildman–Crippen LogP) is 3.66. The molecule has 0 spiro atoms. The number of hydrogen-bond acceptors (Lipinski definition) is 1. The molecule has 0 heterocycles. The van der Waals surface area contributed by atoms with Crippen LogP contribution in [0.25, 0.3) is 0 Å². The molecule has 0 fully saturated rings. The smallest absolute Gasteiger partial charge is 0.189 e. The van der Waals surface area contributed by atoms with Gasteiger partial charge in [-0.3, -0.25) is 0 Å². The zero-order chi connectivity index (χ0) is 9.99. The number of hydrogen-bond donors (Lipinski definition) is 0. The lowest BCUT2D eigenvalue weighted by Crippen LogP contribution is -2.35. The fourth-order valence-corrected chi connectivity index (χ4v) is 2.87. The van der Waals surface area contributed by atoms with Crippen LogP contribution >= 0.6 is 0 Å². The molecule has 0 aliphatic carbocycles. The van der Waals surface area contributed by atoms with Crippen LogP contribution in [0.1, 0.15) is 34.1 Å². The van der Waals surface area contributed by atoms with Gasteiger partial charge in [-0.2, -0.15) is 0 Å². The summed E-state index contributed by atoms with van der Waals surface area (Å²) in [5.74, 6) is 0. The van der Waals surface area contributed by atoms with E-state index in [0.717, 1.165) is 5.54 Å². The summed E-state index contributed by atoms with van der Waals surface area (Å²) in [6.45, 7) is 13.8. The van der Waals surface area contributed by atoms with Gasteiger partial charge in [0.05, 0.1) is 0 Å². The van der Waals surface area contributed by atoms with Crippen LogP contribution in [0, 0.1) is 5.41 Å². The summed E-state index contributed by atoms with van der Waals surface area (Å²) in [5, 5.41) is 0. The average molecular weight is 188 g/mol. The molecule has 0 aliphatic rings. The van der Waals surface area contributed by atoms with Crippen molar-refractivity contribution < 1.29 is 4.43 Å². The summed E-state index contributed by atoms with van der Waals surface area (Å²) in [5.41, 5.74) is 1.17. The van der Waals surface area contributed by atoms with Crippen LogP contribution in [-0.2, 0) is 4.43 Å². The standard InChI is InChI=1S/C10H24OSi/c1-9(8-10(2,3)4)12(6,7)11-5/h9H,8H2,1-7H3. The van der Waals surface area contributed by atoms with Gasteiger partial charge in [0.1, 0.15) is 0 Å². The molecule has 2 heteroatoms. The quantitative estimate of drug-likeness (QED) is 0.614. The molecule has 0 aromatic carbocycles. The van der Waals surface area contributed by atoms with Crippen molar-refractivity contribution in [1.82, 2.24) is 0 Å². The zero-order valence-corrected chi connectivity index (χ0v) is 10.7. The molecule has 0 saturated heterocycles. The maximum atomic E-state index is 5.58. The molecule has 0 rings (SSSR count). The van der Waals surface area contributed by atoms with Crippen LogP contribution in [0.2, 0.25) is 18.6 Å². The van der Waals surface area contributed by atoms with Crippen molar-refractivity contribution in [2.24, 2.45) is 5.41 Å². The van der Waals surface area contributed by atoms with E-state index in [4.69, 9.17) is 4.43 Å². The van der Waals surface area contributed by atoms with Crippen LogP contribution in [0.4, 0.5) is 0 Å². The Morgan fingerprint density at radius 2 is 1.67 bits per heavy atom. The Hall–Kier alpha value is 0.177. The predicted molar refractivity (Wildman–Crippen MR) is 58.0 cm³/mol. The van der Waals surface area contributed by atoms with Gasteiger partial charge >= 0.3 is 0 Å². The largest absolute Gasteiger partial charge is 0.420 e. The monoisotopic (exact) mass is 188 g/mol. The van der Waals surface area contributed by atoms with E-state index in [9.17, 15) is 0 Å². The second-order valence-corrected chi connectivity index (χ2v) is 10.1. The molecule has 0 aromatic heterocycles. The average Bonchev–Trinajstić information content (AvgIpc) is 1.84. The van der Waals surface area contributed by atoms with Crippen LogP contribution < -0.4 is 0 Å². The molecule has 0 aliphatic heterocycles. The maximum Gasteiger partial charge on any atom is 0.189 e. The van der Waals surface area contributed by atoms with Crippen molar-refractivity contribution in [2.45, 2.75) is 52.8 Å². The Morgan fingerprint density at radius 3 is 1.92 bits per heavy atom. The van der Waals surface area contributed by atoms with Gasteiger partial charge in [0, 0.05) is 7.11 Å². The van der Waals surface area contributed by atoms with Crippen LogP contribution in [0.3, 0.4) is 0 Å². The zero-order valence-electron chi connectivity index (χ0n) is 9.69. The first kappa shape index (κ1) is 12.2.